The standard InChI is InChI=1S/C20H11.Ti/c1-5-13-6-2-11-17-18-12-4-8-14-7-3-10-16(20(14)18)15(9-1)19(13)17;/h1-11H;. The van der Waals surface area contributed by atoms with Gasteiger partial charge in [-0.25, -0.2) is 0 Å². The van der Waals surface area contributed by atoms with Crippen molar-refractivity contribution < 1.29 is 20.4 Å². The van der Waals surface area contributed by atoms with Gasteiger partial charge in [0.15, 0.2) is 0 Å². The van der Waals surface area contributed by atoms with E-state index >= 15 is 0 Å². The van der Waals surface area contributed by atoms with Gasteiger partial charge in [0.2, 0.25) is 0 Å². The molecule has 0 amide bonds. The molecule has 0 radical (unpaired) electrons. The second-order valence-electron chi connectivity index (χ2n) is 5.60. The number of rotatable bonds is 0. The Labute approximate surface area is 134 Å². The second kappa shape index (κ2) is 4.07. The second-order valence-corrected chi connectivity index (χ2v) is 6.44. The minimum absolute atomic E-state index is 1.33. The Hall–Kier alpha value is -1.89. The van der Waals surface area contributed by atoms with Crippen LogP contribution in [0.2, 0.25) is 0 Å². The van der Waals surface area contributed by atoms with Gasteiger partial charge in [-0.05, 0) is 0 Å². The SMILES string of the molecule is [Ti][c]1ccc2cccc3c4cccc5cccc(c1c23)c54. The zero-order valence-electron chi connectivity index (χ0n) is 11.4. The first-order chi connectivity index (χ1) is 10.3. The van der Waals surface area contributed by atoms with Crippen molar-refractivity contribution in [1.82, 2.24) is 0 Å². The summed E-state index contributed by atoms with van der Waals surface area (Å²) in [7, 11) is 0. The van der Waals surface area contributed by atoms with E-state index in [0.29, 0.717) is 0 Å². The van der Waals surface area contributed by atoms with Crippen LogP contribution < -0.4 is 3.87 Å². The Morgan fingerprint density at radius 2 is 1.05 bits per heavy atom. The molecule has 5 rings (SSSR count). The van der Waals surface area contributed by atoms with Gasteiger partial charge in [-0.3, -0.25) is 0 Å². The maximum atomic E-state index is 2.27. The van der Waals surface area contributed by atoms with Crippen LogP contribution in [-0.4, -0.2) is 0 Å². The summed E-state index contributed by atoms with van der Waals surface area (Å²) in [6.07, 6.45) is 0. The molecule has 21 heavy (non-hydrogen) atoms. The van der Waals surface area contributed by atoms with Gasteiger partial charge in [0, 0.05) is 0 Å². The third kappa shape index (κ3) is 1.44. The number of benzene rings is 5. The Morgan fingerprint density at radius 3 is 1.76 bits per heavy atom. The Morgan fingerprint density at radius 1 is 0.476 bits per heavy atom. The van der Waals surface area contributed by atoms with Crippen LogP contribution in [0, 0.1) is 0 Å². The van der Waals surface area contributed by atoms with Crippen molar-refractivity contribution in [3.63, 3.8) is 0 Å². The fourth-order valence-electron chi connectivity index (χ4n) is 3.66. The van der Waals surface area contributed by atoms with Crippen molar-refractivity contribution in [3.8, 4) is 0 Å². The van der Waals surface area contributed by atoms with Crippen LogP contribution in [0.5, 0.6) is 0 Å². The number of hydrogen-bond acceptors (Lipinski definition) is 0. The molecule has 0 saturated carbocycles. The molecule has 95 valence electrons. The molecule has 0 heterocycles. The number of fused-ring (bicyclic) bond motifs is 2. The van der Waals surface area contributed by atoms with E-state index in [0.717, 1.165) is 0 Å². The van der Waals surface area contributed by atoms with Crippen molar-refractivity contribution in [1.29, 1.82) is 0 Å². The summed E-state index contributed by atoms with van der Waals surface area (Å²) in [4.78, 5) is 0. The van der Waals surface area contributed by atoms with Crippen molar-refractivity contribution >= 4 is 47.0 Å². The third-order valence-electron chi connectivity index (χ3n) is 4.51. The van der Waals surface area contributed by atoms with Gasteiger partial charge in [-0.15, -0.1) is 0 Å². The van der Waals surface area contributed by atoms with Crippen molar-refractivity contribution in [2.75, 3.05) is 0 Å². The Kier molecular flexibility index (Phi) is 2.27. The van der Waals surface area contributed by atoms with E-state index in [9.17, 15) is 0 Å². The van der Waals surface area contributed by atoms with Crippen molar-refractivity contribution in [2.24, 2.45) is 0 Å². The van der Waals surface area contributed by atoms with Crippen LogP contribution in [0.4, 0.5) is 0 Å². The van der Waals surface area contributed by atoms with E-state index in [-0.39, 0.29) is 0 Å². The van der Waals surface area contributed by atoms with Gasteiger partial charge < -0.3 is 0 Å². The van der Waals surface area contributed by atoms with Crippen LogP contribution in [0.3, 0.4) is 0 Å². The summed E-state index contributed by atoms with van der Waals surface area (Å²) in [5.74, 6) is 0. The van der Waals surface area contributed by atoms with Gasteiger partial charge in [-0.1, -0.05) is 0 Å². The van der Waals surface area contributed by atoms with E-state index < -0.39 is 0 Å². The van der Waals surface area contributed by atoms with Crippen molar-refractivity contribution in [3.05, 3.63) is 66.7 Å². The first kappa shape index (κ1) is 11.7. The molecule has 5 aromatic carbocycles. The predicted octanol–water partition coefficient (Wildman–Crippen LogP) is 4.91. The topological polar surface area (TPSA) is 0 Å². The molecule has 0 aliphatic rings. The summed E-state index contributed by atoms with van der Waals surface area (Å²) in [6, 6.07) is 24.4. The summed E-state index contributed by atoms with van der Waals surface area (Å²) >= 11 is 2.22. The summed E-state index contributed by atoms with van der Waals surface area (Å²) in [5.41, 5.74) is 0. The van der Waals surface area contributed by atoms with E-state index in [1.807, 2.05) is 0 Å². The predicted molar refractivity (Wildman–Crippen MR) is 87.3 cm³/mol. The maximum absolute atomic E-state index is 2.27. The molecule has 1 heteroatoms. The average molecular weight is 299 g/mol. The monoisotopic (exact) mass is 299 g/mol. The van der Waals surface area contributed by atoms with Crippen molar-refractivity contribution in [2.45, 2.75) is 0 Å². The van der Waals surface area contributed by atoms with Crippen LogP contribution >= 0.6 is 0 Å². The minimum atomic E-state index is 1.33. The average Bonchev–Trinajstić information content (AvgIpc) is 2.53. The van der Waals surface area contributed by atoms with Crippen LogP contribution in [0.1, 0.15) is 0 Å². The molecule has 0 saturated heterocycles. The fraction of sp³-hybridized carbons (Fsp3) is 0. The van der Waals surface area contributed by atoms with E-state index in [2.05, 4.69) is 87.2 Å². The molecule has 0 N–H and O–H groups in total. The van der Waals surface area contributed by atoms with Gasteiger partial charge in [0.25, 0.3) is 0 Å². The van der Waals surface area contributed by atoms with Crippen LogP contribution in [0.15, 0.2) is 66.7 Å². The molecule has 5 aromatic rings. The molecule has 0 unspecified atom stereocenters. The van der Waals surface area contributed by atoms with Gasteiger partial charge in [0.1, 0.15) is 0 Å². The van der Waals surface area contributed by atoms with Gasteiger partial charge in [0.05, 0.1) is 0 Å². The van der Waals surface area contributed by atoms with Crippen LogP contribution in [0.25, 0.3) is 43.1 Å². The summed E-state index contributed by atoms with van der Waals surface area (Å²) < 4.78 is 1.36. The summed E-state index contributed by atoms with van der Waals surface area (Å²) in [5, 5.41) is 11.0. The van der Waals surface area contributed by atoms with E-state index in [1.54, 1.807) is 0 Å². The quantitative estimate of drug-likeness (QED) is 0.216. The molecule has 0 atom stereocenters. The fourth-order valence-corrected chi connectivity index (χ4v) is 4.19. The molecule has 0 aliphatic carbocycles. The molecule has 0 aromatic heterocycles. The van der Waals surface area contributed by atoms with Gasteiger partial charge in [-0.2, -0.15) is 0 Å². The first-order valence-corrected chi connectivity index (χ1v) is 7.92. The normalized spacial score (nSPS) is 12.0. The van der Waals surface area contributed by atoms with E-state index in [4.69, 9.17) is 0 Å². The molecule has 0 nitrogen and oxygen atoms in total. The summed E-state index contributed by atoms with van der Waals surface area (Å²) in [6.45, 7) is 0. The molecule has 0 bridgehead atoms. The molecular formula is C20H11Ti. The number of hydrogen-bond donors (Lipinski definition) is 0. The Bertz CT molecular complexity index is 1130. The van der Waals surface area contributed by atoms with Gasteiger partial charge >= 0.3 is 134 Å². The Balaban J connectivity index is 2.32. The third-order valence-corrected chi connectivity index (χ3v) is 5.16. The molecule has 0 aliphatic heterocycles. The zero-order valence-corrected chi connectivity index (χ0v) is 12.9. The molecule has 0 fully saturated rings. The van der Waals surface area contributed by atoms with Crippen LogP contribution in [-0.2, 0) is 20.4 Å². The van der Waals surface area contributed by atoms with E-state index in [1.165, 1.54) is 47.0 Å². The zero-order chi connectivity index (χ0) is 14.0. The first-order valence-electron chi connectivity index (χ1n) is 7.14. The molecular weight excluding hydrogens is 288 g/mol. The molecule has 0 spiro atoms.